The Balaban J connectivity index is 2.11. The SMILES string of the molecule is C[C@@H](c1ccccc1)N(CC(N)=O)C(=O)CN(Cc1ccccc1)C(=O)CNCCCN=C(N)N. The van der Waals surface area contributed by atoms with Gasteiger partial charge in [0.05, 0.1) is 19.1 Å². The summed E-state index contributed by atoms with van der Waals surface area (Å²) in [5.41, 5.74) is 17.8. The van der Waals surface area contributed by atoms with Gasteiger partial charge in [-0.3, -0.25) is 19.4 Å². The first kappa shape index (κ1) is 27.3. The van der Waals surface area contributed by atoms with E-state index in [1.165, 1.54) is 9.80 Å². The quantitative estimate of drug-likeness (QED) is 0.173. The van der Waals surface area contributed by atoms with Crippen LogP contribution in [0, 0.1) is 0 Å². The van der Waals surface area contributed by atoms with Gasteiger partial charge in [-0.2, -0.15) is 0 Å². The van der Waals surface area contributed by atoms with Crippen molar-refractivity contribution in [3.63, 3.8) is 0 Å². The molecule has 35 heavy (non-hydrogen) atoms. The summed E-state index contributed by atoms with van der Waals surface area (Å²) in [4.78, 5) is 44.9. The zero-order valence-corrected chi connectivity index (χ0v) is 20.1. The highest BCUT2D eigenvalue weighted by Crippen LogP contribution is 2.20. The van der Waals surface area contributed by atoms with Crippen LogP contribution < -0.4 is 22.5 Å². The van der Waals surface area contributed by atoms with E-state index in [1.54, 1.807) is 0 Å². The van der Waals surface area contributed by atoms with Crippen LogP contribution in [-0.2, 0) is 20.9 Å². The number of nitrogens with one attached hydrogen (secondary N) is 1. The minimum atomic E-state index is -0.621. The Morgan fingerprint density at radius 3 is 2.14 bits per heavy atom. The van der Waals surface area contributed by atoms with Crippen LogP contribution in [0.4, 0.5) is 0 Å². The zero-order valence-electron chi connectivity index (χ0n) is 20.1. The van der Waals surface area contributed by atoms with E-state index in [0.29, 0.717) is 19.5 Å². The van der Waals surface area contributed by atoms with Crippen LogP contribution >= 0.6 is 0 Å². The number of nitrogens with zero attached hydrogens (tertiary/aromatic N) is 3. The van der Waals surface area contributed by atoms with Gasteiger partial charge in [0.1, 0.15) is 6.54 Å². The Kier molecular flexibility index (Phi) is 11.2. The molecule has 2 rings (SSSR count). The summed E-state index contributed by atoms with van der Waals surface area (Å²) in [5.74, 6) is -1.20. The number of carbonyl (C=O) groups excluding carboxylic acids is 3. The molecule has 3 amide bonds. The van der Waals surface area contributed by atoms with Gasteiger partial charge < -0.3 is 32.3 Å². The molecular weight excluding hydrogens is 446 g/mol. The van der Waals surface area contributed by atoms with Crippen molar-refractivity contribution in [3.05, 3.63) is 71.8 Å². The van der Waals surface area contributed by atoms with Crippen LogP contribution in [0.1, 0.15) is 30.5 Å². The van der Waals surface area contributed by atoms with Crippen molar-refractivity contribution in [2.45, 2.75) is 25.9 Å². The Labute approximate surface area is 206 Å². The lowest BCUT2D eigenvalue weighted by Gasteiger charge is -2.31. The van der Waals surface area contributed by atoms with E-state index in [9.17, 15) is 14.4 Å². The van der Waals surface area contributed by atoms with Crippen molar-refractivity contribution >= 4 is 23.7 Å². The molecule has 10 heteroatoms. The third kappa shape index (κ3) is 9.85. The third-order valence-corrected chi connectivity index (χ3v) is 5.37. The molecule has 0 aliphatic heterocycles. The first-order valence-electron chi connectivity index (χ1n) is 11.5. The molecule has 2 aromatic carbocycles. The summed E-state index contributed by atoms with van der Waals surface area (Å²) in [6.45, 7) is 2.69. The topological polar surface area (TPSA) is 160 Å². The Morgan fingerprint density at radius 1 is 0.914 bits per heavy atom. The smallest absolute Gasteiger partial charge is 0.243 e. The van der Waals surface area contributed by atoms with Gasteiger partial charge in [0.2, 0.25) is 17.7 Å². The highest BCUT2D eigenvalue weighted by atomic mass is 16.2. The lowest BCUT2D eigenvalue weighted by Crippen LogP contribution is -2.48. The molecule has 0 heterocycles. The maximum Gasteiger partial charge on any atom is 0.243 e. The maximum atomic E-state index is 13.3. The second-order valence-corrected chi connectivity index (χ2v) is 8.15. The van der Waals surface area contributed by atoms with Crippen LogP contribution in [0.5, 0.6) is 0 Å². The van der Waals surface area contributed by atoms with E-state index in [1.807, 2.05) is 67.6 Å². The van der Waals surface area contributed by atoms with Gasteiger partial charge in [0.15, 0.2) is 5.96 Å². The third-order valence-electron chi connectivity index (χ3n) is 5.37. The number of benzene rings is 2. The van der Waals surface area contributed by atoms with Crippen LogP contribution in [0.15, 0.2) is 65.7 Å². The second-order valence-electron chi connectivity index (χ2n) is 8.15. The molecule has 7 N–H and O–H groups in total. The number of rotatable bonds is 14. The van der Waals surface area contributed by atoms with E-state index in [-0.39, 0.29) is 44.0 Å². The molecule has 0 radical (unpaired) electrons. The van der Waals surface area contributed by atoms with Gasteiger partial charge in [0.25, 0.3) is 0 Å². The molecule has 0 bridgehead atoms. The van der Waals surface area contributed by atoms with Crippen LogP contribution in [-0.4, -0.2) is 66.2 Å². The first-order chi connectivity index (χ1) is 16.8. The van der Waals surface area contributed by atoms with E-state index in [2.05, 4.69) is 10.3 Å². The molecule has 0 aromatic heterocycles. The summed E-state index contributed by atoms with van der Waals surface area (Å²) in [5, 5.41) is 3.07. The molecule has 0 aliphatic rings. The summed E-state index contributed by atoms with van der Waals surface area (Å²) in [7, 11) is 0. The zero-order chi connectivity index (χ0) is 25.6. The van der Waals surface area contributed by atoms with Gasteiger partial charge >= 0.3 is 0 Å². The number of hydrogen-bond donors (Lipinski definition) is 4. The molecule has 0 spiro atoms. The van der Waals surface area contributed by atoms with Crippen molar-refractivity contribution in [2.24, 2.45) is 22.2 Å². The highest BCUT2D eigenvalue weighted by Gasteiger charge is 2.26. The van der Waals surface area contributed by atoms with Crippen LogP contribution in [0.25, 0.3) is 0 Å². The summed E-state index contributed by atoms with van der Waals surface area (Å²) in [6.07, 6.45) is 0.657. The normalized spacial score (nSPS) is 11.3. The molecule has 188 valence electrons. The number of nitrogens with two attached hydrogens (primary N) is 3. The predicted octanol–water partition coefficient (Wildman–Crippen LogP) is 0.343. The van der Waals surface area contributed by atoms with E-state index >= 15 is 0 Å². The molecule has 0 saturated carbocycles. The van der Waals surface area contributed by atoms with Crippen molar-refractivity contribution in [2.75, 3.05) is 32.7 Å². The van der Waals surface area contributed by atoms with Gasteiger partial charge in [-0.25, -0.2) is 0 Å². The van der Waals surface area contributed by atoms with Crippen molar-refractivity contribution < 1.29 is 14.4 Å². The fourth-order valence-electron chi connectivity index (χ4n) is 3.53. The lowest BCUT2D eigenvalue weighted by molar-refractivity contribution is -0.143. The van der Waals surface area contributed by atoms with Gasteiger partial charge in [0, 0.05) is 13.1 Å². The maximum absolute atomic E-state index is 13.3. The molecule has 0 unspecified atom stereocenters. The highest BCUT2D eigenvalue weighted by molar-refractivity contribution is 5.88. The molecule has 2 aromatic rings. The molecule has 1 atom stereocenters. The van der Waals surface area contributed by atoms with Crippen molar-refractivity contribution in [1.29, 1.82) is 0 Å². The Hall–Kier alpha value is -3.92. The lowest BCUT2D eigenvalue weighted by atomic mass is 10.1. The summed E-state index contributed by atoms with van der Waals surface area (Å²) in [6, 6.07) is 18.4. The molecule has 0 aliphatic carbocycles. The fourth-order valence-corrected chi connectivity index (χ4v) is 3.53. The largest absolute Gasteiger partial charge is 0.370 e. The van der Waals surface area contributed by atoms with Crippen molar-refractivity contribution in [3.8, 4) is 0 Å². The number of aliphatic imine (C=N–C) groups is 1. The van der Waals surface area contributed by atoms with E-state index in [4.69, 9.17) is 17.2 Å². The Bertz CT molecular complexity index is 979. The first-order valence-corrected chi connectivity index (χ1v) is 11.5. The Morgan fingerprint density at radius 2 is 1.54 bits per heavy atom. The standard InChI is InChI=1S/C25H35N7O3/c1-19(21-11-6-3-7-12-21)32(17-22(26)33)24(35)18-31(16-20-9-4-2-5-10-20)23(34)15-29-13-8-14-30-25(27)28/h2-7,9-12,19,29H,8,13-18H2,1H3,(H2,26,33)(H4,27,28,30)/t19-/m0/s1. The van der Waals surface area contributed by atoms with Crippen molar-refractivity contribution in [1.82, 2.24) is 15.1 Å². The predicted molar refractivity (Wildman–Crippen MR) is 136 cm³/mol. The van der Waals surface area contributed by atoms with E-state index < -0.39 is 11.9 Å². The average molecular weight is 482 g/mol. The fraction of sp³-hybridized carbons (Fsp3) is 0.360. The number of guanidine groups is 1. The molecule has 10 nitrogen and oxygen atoms in total. The minimum Gasteiger partial charge on any atom is -0.370 e. The average Bonchev–Trinajstić information content (AvgIpc) is 2.84. The number of hydrogen-bond acceptors (Lipinski definition) is 5. The minimum absolute atomic E-state index is 0.0267. The van der Waals surface area contributed by atoms with Gasteiger partial charge in [-0.05, 0) is 31.0 Å². The van der Waals surface area contributed by atoms with E-state index in [0.717, 1.165) is 11.1 Å². The van der Waals surface area contributed by atoms with Crippen LogP contribution in [0.2, 0.25) is 0 Å². The summed E-state index contributed by atoms with van der Waals surface area (Å²) < 4.78 is 0. The van der Waals surface area contributed by atoms with Gasteiger partial charge in [-0.1, -0.05) is 60.7 Å². The molecule has 0 fully saturated rings. The monoisotopic (exact) mass is 481 g/mol. The second kappa shape index (κ2) is 14.4. The number of amides is 3. The molecular formula is C25H35N7O3. The number of primary amides is 1. The van der Waals surface area contributed by atoms with Gasteiger partial charge in [-0.15, -0.1) is 0 Å². The number of carbonyl (C=O) groups is 3. The molecule has 0 saturated heterocycles. The van der Waals surface area contributed by atoms with Crippen LogP contribution in [0.3, 0.4) is 0 Å². The summed E-state index contributed by atoms with van der Waals surface area (Å²) >= 11 is 0.